The molecular formula is C24H24N4O3S2. The second-order valence-corrected chi connectivity index (χ2v) is 9.28. The predicted octanol–water partition coefficient (Wildman–Crippen LogP) is 3.51. The summed E-state index contributed by atoms with van der Waals surface area (Å²) in [6.07, 6.45) is 4.12. The molecule has 0 saturated carbocycles. The topological polar surface area (TPSA) is 75.9 Å². The summed E-state index contributed by atoms with van der Waals surface area (Å²) in [7, 11) is 1.57. The minimum absolute atomic E-state index is 0.231. The molecule has 3 aromatic rings. The average molecular weight is 481 g/mol. The third-order valence-electron chi connectivity index (χ3n) is 5.22. The molecule has 3 heterocycles. The number of carbonyl (C=O) groups excluding carboxylic acids is 1. The summed E-state index contributed by atoms with van der Waals surface area (Å²) in [6.45, 7) is 3.26. The van der Waals surface area contributed by atoms with E-state index < -0.39 is 0 Å². The Labute approximate surface area is 201 Å². The van der Waals surface area contributed by atoms with Gasteiger partial charge in [0.05, 0.1) is 23.6 Å². The number of carbonyl (C=O) groups is 1. The minimum atomic E-state index is -0.243. The fourth-order valence-electron chi connectivity index (χ4n) is 3.50. The van der Waals surface area contributed by atoms with Crippen LogP contribution in [0.4, 0.5) is 5.82 Å². The predicted molar refractivity (Wildman–Crippen MR) is 137 cm³/mol. The van der Waals surface area contributed by atoms with E-state index >= 15 is 0 Å². The number of amides is 1. The van der Waals surface area contributed by atoms with Crippen LogP contribution in [0.15, 0.2) is 58.4 Å². The molecule has 0 radical (unpaired) electrons. The van der Waals surface area contributed by atoms with Gasteiger partial charge in [-0.15, -0.1) is 0 Å². The van der Waals surface area contributed by atoms with Crippen LogP contribution >= 0.6 is 24.0 Å². The fraction of sp³-hybridized carbons (Fsp3) is 0.250. The first-order valence-electron chi connectivity index (χ1n) is 10.5. The van der Waals surface area contributed by atoms with Gasteiger partial charge in [-0.2, -0.15) is 0 Å². The number of fused-ring (bicyclic) bond motifs is 1. The molecule has 1 N–H and O–H groups in total. The molecule has 1 aliphatic heterocycles. The summed E-state index contributed by atoms with van der Waals surface area (Å²) in [5.41, 5.74) is 2.75. The van der Waals surface area contributed by atoms with Crippen molar-refractivity contribution in [1.82, 2.24) is 14.3 Å². The molecular weight excluding hydrogens is 456 g/mol. The Morgan fingerprint density at radius 1 is 1.18 bits per heavy atom. The normalized spacial score (nSPS) is 15.1. The SMILES string of the molecule is COCCN1C(=O)C(=Cc2c(NCCc3ccccc3)nc3ccc(C)cn3c2=O)SC1=S. The van der Waals surface area contributed by atoms with Crippen LogP contribution in [0.2, 0.25) is 0 Å². The molecule has 0 spiro atoms. The van der Waals surface area contributed by atoms with Crippen molar-refractivity contribution in [3.05, 3.63) is 80.6 Å². The maximum absolute atomic E-state index is 13.4. The molecule has 0 unspecified atom stereocenters. The van der Waals surface area contributed by atoms with Gasteiger partial charge in [0.25, 0.3) is 11.5 Å². The highest BCUT2D eigenvalue weighted by molar-refractivity contribution is 8.26. The molecule has 0 bridgehead atoms. The summed E-state index contributed by atoms with van der Waals surface area (Å²) in [6, 6.07) is 13.8. The van der Waals surface area contributed by atoms with Crippen molar-refractivity contribution < 1.29 is 9.53 Å². The average Bonchev–Trinajstić information content (AvgIpc) is 3.08. The summed E-state index contributed by atoms with van der Waals surface area (Å²) < 4.78 is 7.04. The van der Waals surface area contributed by atoms with Crippen molar-refractivity contribution in [1.29, 1.82) is 0 Å². The zero-order chi connectivity index (χ0) is 23.4. The van der Waals surface area contributed by atoms with Gasteiger partial charge in [-0.1, -0.05) is 60.4 Å². The van der Waals surface area contributed by atoms with Gasteiger partial charge in [-0.05, 0) is 36.6 Å². The number of pyridine rings is 1. The van der Waals surface area contributed by atoms with E-state index in [1.165, 1.54) is 26.6 Å². The number of aryl methyl sites for hydroxylation is 1. The summed E-state index contributed by atoms with van der Waals surface area (Å²) in [5, 5.41) is 3.30. The standard InChI is InChI=1S/C24H24N4O3S2/c1-16-8-9-20-26-21(25-11-10-17-6-4-3-5-7-17)18(22(29)28(20)15-16)14-19-23(30)27(12-13-31-2)24(32)33-19/h3-9,14-15,25H,10-13H2,1-2H3. The Morgan fingerprint density at radius 2 is 1.97 bits per heavy atom. The third-order valence-corrected chi connectivity index (χ3v) is 6.60. The quantitative estimate of drug-likeness (QED) is 0.391. The molecule has 4 rings (SSSR count). The third kappa shape index (κ3) is 5.16. The van der Waals surface area contributed by atoms with Crippen LogP contribution in [-0.2, 0) is 16.0 Å². The molecule has 9 heteroatoms. The molecule has 1 saturated heterocycles. The zero-order valence-corrected chi connectivity index (χ0v) is 20.0. The van der Waals surface area contributed by atoms with Gasteiger partial charge in [0.15, 0.2) is 0 Å². The molecule has 1 fully saturated rings. The molecule has 170 valence electrons. The van der Waals surface area contributed by atoms with Crippen molar-refractivity contribution in [2.45, 2.75) is 13.3 Å². The van der Waals surface area contributed by atoms with Crippen LogP contribution in [0, 0.1) is 6.92 Å². The van der Waals surface area contributed by atoms with E-state index in [0.717, 1.165) is 12.0 Å². The van der Waals surface area contributed by atoms with E-state index in [4.69, 9.17) is 17.0 Å². The molecule has 1 aromatic carbocycles. The largest absolute Gasteiger partial charge is 0.383 e. The lowest BCUT2D eigenvalue weighted by Gasteiger charge is -2.13. The molecule has 2 aromatic heterocycles. The molecule has 0 aliphatic carbocycles. The lowest BCUT2D eigenvalue weighted by atomic mass is 10.1. The van der Waals surface area contributed by atoms with E-state index in [-0.39, 0.29) is 11.5 Å². The number of nitrogens with zero attached hydrogens (tertiary/aromatic N) is 3. The van der Waals surface area contributed by atoms with Gasteiger partial charge in [-0.3, -0.25) is 18.9 Å². The number of nitrogens with one attached hydrogen (secondary N) is 1. The highest BCUT2D eigenvalue weighted by atomic mass is 32.2. The second kappa shape index (κ2) is 10.3. The number of thiocarbonyl (C=S) groups is 1. The number of hydrogen-bond acceptors (Lipinski definition) is 7. The molecule has 1 amide bonds. The van der Waals surface area contributed by atoms with Gasteiger partial charge in [0.1, 0.15) is 15.8 Å². The Morgan fingerprint density at radius 3 is 2.73 bits per heavy atom. The number of ether oxygens (including phenoxy) is 1. The number of benzene rings is 1. The summed E-state index contributed by atoms with van der Waals surface area (Å²) in [5.74, 6) is 0.216. The van der Waals surface area contributed by atoms with Crippen molar-refractivity contribution in [2.75, 3.05) is 32.1 Å². The van der Waals surface area contributed by atoms with Crippen LogP contribution in [-0.4, -0.2) is 51.3 Å². The first-order chi connectivity index (χ1) is 16.0. The number of hydrogen-bond donors (Lipinski definition) is 1. The Hall–Kier alpha value is -3.01. The van der Waals surface area contributed by atoms with Gasteiger partial charge >= 0.3 is 0 Å². The van der Waals surface area contributed by atoms with Crippen molar-refractivity contribution in [2.24, 2.45) is 0 Å². The fourth-order valence-corrected chi connectivity index (χ4v) is 4.79. The molecule has 33 heavy (non-hydrogen) atoms. The number of thioether (sulfide) groups is 1. The zero-order valence-electron chi connectivity index (χ0n) is 18.4. The minimum Gasteiger partial charge on any atom is -0.383 e. The number of aromatic nitrogens is 2. The first kappa shape index (κ1) is 23.2. The van der Waals surface area contributed by atoms with Crippen LogP contribution in [0.25, 0.3) is 11.7 Å². The maximum atomic E-state index is 13.4. The summed E-state index contributed by atoms with van der Waals surface area (Å²) in [4.78, 5) is 32.9. The van der Waals surface area contributed by atoms with E-state index in [0.29, 0.717) is 46.0 Å². The van der Waals surface area contributed by atoms with Crippen molar-refractivity contribution >= 4 is 51.7 Å². The van der Waals surface area contributed by atoms with Gasteiger partial charge in [-0.25, -0.2) is 4.98 Å². The van der Waals surface area contributed by atoms with Crippen molar-refractivity contribution in [3.8, 4) is 0 Å². The second-order valence-electron chi connectivity index (χ2n) is 7.60. The molecule has 7 nitrogen and oxygen atoms in total. The Kier molecular flexibility index (Phi) is 7.22. The van der Waals surface area contributed by atoms with Gasteiger partial charge in [0, 0.05) is 19.9 Å². The smallest absolute Gasteiger partial charge is 0.267 e. The van der Waals surface area contributed by atoms with E-state index in [1.54, 1.807) is 19.4 Å². The van der Waals surface area contributed by atoms with E-state index in [9.17, 15) is 9.59 Å². The maximum Gasteiger partial charge on any atom is 0.267 e. The highest BCUT2D eigenvalue weighted by Crippen LogP contribution is 2.32. The Bertz CT molecular complexity index is 1290. The van der Waals surface area contributed by atoms with Crippen LogP contribution < -0.4 is 10.9 Å². The number of anilines is 1. The lowest BCUT2D eigenvalue weighted by molar-refractivity contribution is -0.122. The Balaban J connectivity index is 1.70. The molecule has 1 aliphatic rings. The van der Waals surface area contributed by atoms with Gasteiger partial charge in [0.2, 0.25) is 0 Å². The first-order valence-corrected chi connectivity index (χ1v) is 11.8. The number of methoxy groups -OCH3 is 1. The van der Waals surface area contributed by atoms with Gasteiger partial charge < -0.3 is 10.1 Å². The monoisotopic (exact) mass is 480 g/mol. The summed E-state index contributed by atoms with van der Waals surface area (Å²) >= 11 is 6.55. The van der Waals surface area contributed by atoms with Crippen molar-refractivity contribution in [3.63, 3.8) is 0 Å². The lowest BCUT2D eigenvalue weighted by Crippen LogP contribution is -2.31. The van der Waals surface area contributed by atoms with Crippen LogP contribution in [0.3, 0.4) is 0 Å². The van der Waals surface area contributed by atoms with Crippen LogP contribution in [0.5, 0.6) is 0 Å². The van der Waals surface area contributed by atoms with E-state index in [2.05, 4.69) is 22.4 Å². The highest BCUT2D eigenvalue weighted by Gasteiger charge is 2.32. The van der Waals surface area contributed by atoms with Crippen LogP contribution in [0.1, 0.15) is 16.7 Å². The van der Waals surface area contributed by atoms with E-state index in [1.807, 2.05) is 37.3 Å². The number of rotatable bonds is 8. The molecule has 0 atom stereocenters.